The quantitative estimate of drug-likeness (QED) is 0.415. The lowest BCUT2D eigenvalue weighted by Gasteiger charge is -2.34. The highest BCUT2D eigenvalue weighted by Crippen LogP contribution is 2.54. The van der Waals surface area contributed by atoms with E-state index in [4.69, 9.17) is 9.47 Å². The summed E-state index contributed by atoms with van der Waals surface area (Å²) in [6.45, 7) is 9.84. The maximum atomic E-state index is 9.96. The monoisotopic (exact) mass is 491 g/mol. The molecule has 0 amide bonds. The predicted molar refractivity (Wildman–Crippen MR) is 139 cm³/mol. The van der Waals surface area contributed by atoms with Gasteiger partial charge in [0, 0.05) is 19.1 Å². The van der Waals surface area contributed by atoms with E-state index in [1.165, 1.54) is 0 Å². The molecule has 3 aromatic carbocycles. The van der Waals surface area contributed by atoms with Gasteiger partial charge in [0.25, 0.3) is 0 Å². The number of ether oxygens (including phenoxy) is 2. The predicted octanol–water partition coefficient (Wildman–Crippen LogP) is 6.42. The standard InChI is InChI=1S/C29H33NO4S/c1-18-15-30(16-19(18)2)20(3)17-33-25-11-6-21(7-12-25)28-29(22-4-8-23(31)9-5-22)35-27-14-24(32)10-13-26(27)34-28/h4-14,18-20,28-29,31-32H,15-17H2,1-3H3/t18-,19-,20-,28-,29+/m0/s1. The number of aromatic hydroxyl groups is 2. The Morgan fingerprint density at radius 3 is 2.23 bits per heavy atom. The van der Waals surface area contributed by atoms with Gasteiger partial charge in [-0.15, -0.1) is 11.8 Å². The normalized spacial score (nSPS) is 25.0. The number of nitrogens with zero attached hydrogens (tertiary/aromatic N) is 1. The molecular weight excluding hydrogens is 458 g/mol. The molecule has 0 saturated carbocycles. The summed E-state index contributed by atoms with van der Waals surface area (Å²) in [5.74, 6) is 3.54. The second-order valence-electron chi connectivity index (χ2n) is 9.94. The number of benzene rings is 3. The fraction of sp³-hybridized carbons (Fsp3) is 0.379. The molecule has 0 bridgehead atoms. The third kappa shape index (κ3) is 5.24. The summed E-state index contributed by atoms with van der Waals surface area (Å²) in [5, 5.41) is 19.7. The van der Waals surface area contributed by atoms with Gasteiger partial charge < -0.3 is 19.7 Å². The SMILES string of the molecule is C[C@H]1CN([C@@H](C)COc2ccc([C@@H]3Oc4ccc(O)cc4S[C@@H]3c3ccc(O)cc3)cc2)C[C@@H]1C. The molecule has 6 heteroatoms. The zero-order valence-electron chi connectivity index (χ0n) is 20.4. The molecule has 5 atom stereocenters. The van der Waals surface area contributed by atoms with E-state index in [-0.39, 0.29) is 22.9 Å². The second kappa shape index (κ2) is 10.0. The fourth-order valence-electron chi connectivity index (χ4n) is 4.84. The van der Waals surface area contributed by atoms with Crippen molar-refractivity contribution in [2.75, 3.05) is 19.7 Å². The summed E-state index contributed by atoms with van der Waals surface area (Å²) >= 11 is 1.66. The average Bonchev–Trinajstić information content (AvgIpc) is 3.20. The van der Waals surface area contributed by atoms with Crippen LogP contribution in [0.4, 0.5) is 0 Å². The van der Waals surface area contributed by atoms with E-state index < -0.39 is 0 Å². The first-order valence-electron chi connectivity index (χ1n) is 12.3. The van der Waals surface area contributed by atoms with Crippen molar-refractivity contribution in [2.45, 2.75) is 43.1 Å². The van der Waals surface area contributed by atoms with Crippen LogP contribution in [0.25, 0.3) is 0 Å². The Hall–Kier alpha value is -2.83. The van der Waals surface area contributed by atoms with Crippen molar-refractivity contribution in [1.29, 1.82) is 0 Å². The summed E-state index contributed by atoms with van der Waals surface area (Å²) in [5.41, 5.74) is 2.10. The number of thioether (sulfide) groups is 1. The van der Waals surface area contributed by atoms with E-state index in [1.807, 2.05) is 30.3 Å². The van der Waals surface area contributed by atoms with Gasteiger partial charge >= 0.3 is 0 Å². The molecule has 2 aliphatic heterocycles. The van der Waals surface area contributed by atoms with Crippen LogP contribution in [0.3, 0.4) is 0 Å². The largest absolute Gasteiger partial charge is 0.508 e. The van der Waals surface area contributed by atoms with Crippen molar-refractivity contribution in [3.63, 3.8) is 0 Å². The van der Waals surface area contributed by atoms with Crippen LogP contribution in [0.15, 0.2) is 71.6 Å². The zero-order chi connectivity index (χ0) is 24.5. The van der Waals surface area contributed by atoms with Gasteiger partial charge in [0.05, 0.1) is 10.1 Å². The summed E-state index contributed by atoms with van der Waals surface area (Å²) in [6.07, 6.45) is -0.220. The third-order valence-corrected chi connectivity index (χ3v) is 8.62. The Kier molecular flexibility index (Phi) is 6.85. The minimum absolute atomic E-state index is 0.0316. The summed E-state index contributed by atoms with van der Waals surface area (Å²) < 4.78 is 12.6. The van der Waals surface area contributed by atoms with Crippen LogP contribution in [0, 0.1) is 11.8 Å². The van der Waals surface area contributed by atoms with Gasteiger partial charge in [0.2, 0.25) is 0 Å². The highest BCUT2D eigenvalue weighted by Gasteiger charge is 2.34. The number of phenols is 2. The summed E-state index contributed by atoms with van der Waals surface area (Å²) in [6, 6.07) is 21.0. The summed E-state index contributed by atoms with van der Waals surface area (Å²) in [4.78, 5) is 3.42. The number of hydrogen-bond acceptors (Lipinski definition) is 6. The minimum Gasteiger partial charge on any atom is -0.508 e. The molecule has 2 aliphatic rings. The van der Waals surface area contributed by atoms with E-state index in [9.17, 15) is 10.2 Å². The molecule has 2 heterocycles. The Morgan fingerprint density at radius 1 is 0.914 bits per heavy atom. The lowest BCUT2D eigenvalue weighted by Crippen LogP contribution is -2.35. The molecule has 2 N–H and O–H groups in total. The maximum Gasteiger partial charge on any atom is 0.140 e. The molecule has 1 saturated heterocycles. The van der Waals surface area contributed by atoms with Gasteiger partial charge in [-0.1, -0.05) is 38.1 Å². The lowest BCUT2D eigenvalue weighted by atomic mass is 10.00. The average molecular weight is 492 g/mol. The molecule has 0 radical (unpaired) electrons. The van der Waals surface area contributed by atoms with E-state index >= 15 is 0 Å². The van der Waals surface area contributed by atoms with Crippen molar-refractivity contribution in [3.05, 3.63) is 77.9 Å². The van der Waals surface area contributed by atoms with Crippen LogP contribution in [0.1, 0.15) is 43.3 Å². The van der Waals surface area contributed by atoms with E-state index in [1.54, 1.807) is 36.0 Å². The van der Waals surface area contributed by atoms with Crippen LogP contribution in [0.2, 0.25) is 0 Å². The molecule has 0 aliphatic carbocycles. The Balaban J connectivity index is 1.32. The molecule has 0 unspecified atom stereocenters. The van der Waals surface area contributed by atoms with Gasteiger partial charge in [-0.2, -0.15) is 0 Å². The van der Waals surface area contributed by atoms with Gasteiger partial charge in [-0.3, -0.25) is 4.90 Å². The van der Waals surface area contributed by atoms with Crippen LogP contribution in [-0.2, 0) is 0 Å². The van der Waals surface area contributed by atoms with Gasteiger partial charge in [0.1, 0.15) is 35.7 Å². The molecule has 35 heavy (non-hydrogen) atoms. The number of phenolic OH excluding ortho intramolecular Hbond substituents is 2. The van der Waals surface area contributed by atoms with E-state index in [0.29, 0.717) is 12.6 Å². The first-order chi connectivity index (χ1) is 16.9. The number of likely N-dealkylation sites (tertiary alicyclic amines) is 1. The summed E-state index contributed by atoms with van der Waals surface area (Å²) in [7, 11) is 0. The van der Waals surface area contributed by atoms with E-state index in [2.05, 4.69) is 37.8 Å². The molecule has 0 spiro atoms. The first-order valence-corrected chi connectivity index (χ1v) is 13.2. The first kappa shape index (κ1) is 23.9. The lowest BCUT2D eigenvalue weighted by molar-refractivity contribution is 0.166. The second-order valence-corrected chi connectivity index (χ2v) is 11.1. The topological polar surface area (TPSA) is 62.2 Å². The van der Waals surface area contributed by atoms with Crippen LogP contribution in [0.5, 0.6) is 23.0 Å². The fourth-order valence-corrected chi connectivity index (χ4v) is 6.17. The van der Waals surface area contributed by atoms with Crippen LogP contribution < -0.4 is 9.47 Å². The minimum atomic E-state index is -0.220. The van der Waals surface area contributed by atoms with Crippen LogP contribution in [-0.4, -0.2) is 40.9 Å². The molecule has 5 rings (SSSR count). The van der Waals surface area contributed by atoms with Crippen molar-refractivity contribution in [3.8, 4) is 23.0 Å². The van der Waals surface area contributed by atoms with Crippen LogP contribution >= 0.6 is 11.8 Å². The zero-order valence-corrected chi connectivity index (χ0v) is 21.2. The van der Waals surface area contributed by atoms with Crippen molar-refractivity contribution < 1.29 is 19.7 Å². The van der Waals surface area contributed by atoms with Gasteiger partial charge in [0.15, 0.2) is 0 Å². The highest BCUT2D eigenvalue weighted by atomic mass is 32.2. The molecule has 0 aromatic heterocycles. The number of hydrogen-bond donors (Lipinski definition) is 2. The molecule has 3 aromatic rings. The molecule has 184 valence electrons. The maximum absolute atomic E-state index is 9.96. The smallest absolute Gasteiger partial charge is 0.140 e. The molecular formula is C29H33NO4S. The van der Waals surface area contributed by atoms with E-state index in [0.717, 1.165) is 52.4 Å². The number of rotatable bonds is 6. The molecule has 5 nitrogen and oxygen atoms in total. The Morgan fingerprint density at radius 2 is 1.54 bits per heavy atom. The van der Waals surface area contributed by atoms with Crippen molar-refractivity contribution in [2.24, 2.45) is 11.8 Å². The van der Waals surface area contributed by atoms with Crippen molar-refractivity contribution in [1.82, 2.24) is 4.90 Å². The van der Waals surface area contributed by atoms with Crippen molar-refractivity contribution >= 4 is 11.8 Å². The highest BCUT2D eigenvalue weighted by molar-refractivity contribution is 7.99. The molecule has 1 fully saturated rings. The number of fused-ring (bicyclic) bond motifs is 1. The Labute approximate surface area is 211 Å². The Bertz CT molecular complexity index is 1140. The van der Waals surface area contributed by atoms with Gasteiger partial charge in [-0.05, 0) is 72.4 Å². The third-order valence-electron chi connectivity index (χ3n) is 7.27. The van der Waals surface area contributed by atoms with Gasteiger partial charge in [-0.25, -0.2) is 0 Å².